The molecule has 0 aliphatic carbocycles. The van der Waals surface area contributed by atoms with E-state index in [-0.39, 0.29) is 5.78 Å². The van der Waals surface area contributed by atoms with Crippen LogP contribution in [0.2, 0.25) is 5.02 Å². The molecule has 2 aromatic heterocycles. The fraction of sp³-hybridized carbons (Fsp3) is 0.375. The fourth-order valence-electron chi connectivity index (χ4n) is 3.87. The number of morpholine rings is 1. The van der Waals surface area contributed by atoms with Crippen LogP contribution in [0.3, 0.4) is 0 Å². The predicted molar refractivity (Wildman–Crippen MR) is 123 cm³/mol. The maximum atomic E-state index is 13.0. The van der Waals surface area contributed by atoms with E-state index in [1.807, 2.05) is 36.7 Å². The standard InChI is InChI=1S/C24H27ClN4O3/c1-17-15-21(28(2)23(17)24(30)18-3-5-19(25)6-4-18)16-20-7-8-22(27-26-20)32-14-11-29-9-12-31-13-10-29/h3-8,15H,9-14,16H2,1-2H3. The van der Waals surface area contributed by atoms with Crippen molar-refractivity contribution >= 4 is 17.4 Å². The van der Waals surface area contributed by atoms with Gasteiger partial charge in [0.25, 0.3) is 0 Å². The third-order valence-electron chi connectivity index (χ3n) is 5.66. The Morgan fingerprint density at radius 2 is 1.88 bits per heavy atom. The number of nitrogens with zero attached hydrogens (tertiary/aromatic N) is 4. The first kappa shape index (κ1) is 22.5. The van der Waals surface area contributed by atoms with E-state index in [4.69, 9.17) is 21.1 Å². The molecule has 0 amide bonds. The highest BCUT2D eigenvalue weighted by Crippen LogP contribution is 2.21. The highest BCUT2D eigenvalue weighted by molar-refractivity contribution is 6.30. The molecule has 4 rings (SSSR count). The smallest absolute Gasteiger partial charge is 0.233 e. The van der Waals surface area contributed by atoms with Gasteiger partial charge in [0.1, 0.15) is 6.61 Å². The minimum Gasteiger partial charge on any atom is -0.475 e. The number of carbonyl (C=O) groups excluding carboxylic acids is 1. The van der Waals surface area contributed by atoms with Crippen molar-refractivity contribution in [2.45, 2.75) is 13.3 Å². The van der Waals surface area contributed by atoms with Gasteiger partial charge in [-0.2, -0.15) is 5.10 Å². The zero-order valence-electron chi connectivity index (χ0n) is 18.4. The van der Waals surface area contributed by atoms with Crippen molar-refractivity contribution in [1.82, 2.24) is 19.7 Å². The van der Waals surface area contributed by atoms with Crippen molar-refractivity contribution < 1.29 is 14.3 Å². The summed E-state index contributed by atoms with van der Waals surface area (Å²) in [4.78, 5) is 15.3. The van der Waals surface area contributed by atoms with E-state index in [1.54, 1.807) is 24.3 Å². The molecule has 0 spiro atoms. The van der Waals surface area contributed by atoms with E-state index in [2.05, 4.69) is 15.1 Å². The summed E-state index contributed by atoms with van der Waals surface area (Å²) in [7, 11) is 1.90. The highest BCUT2D eigenvalue weighted by Gasteiger charge is 2.19. The molecule has 0 N–H and O–H groups in total. The van der Waals surface area contributed by atoms with Crippen molar-refractivity contribution in [2.75, 3.05) is 39.5 Å². The van der Waals surface area contributed by atoms with Gasteiger partial charge in [-0.3, -0.25) is 9.69 Å². The monoisotopic (exact) mass is 454 g/mol. The van der Waals surface area contributed by atoms with Gasteiger partial charge in [-0.05, 0) is 48.9 Å². The van der Waals surface area contributed by atoms with E-state index in [0.29, 0.717) is 35.2 Å². The van der Waals surface area contributed by atoms with E-state index in [0.717, 1.165) is 49.8 Å². The molecule has 8 heteroatoms. The second kappa shape index (κ2) is 10.3. The number of aryl methyl sites for hydroxylation is 1. The molecular weight excluding hydrogens is 428 g/mol. The summed E-state index contributed by atoms with van der Waals surface area (Å²) in [5.74, 6) is 0.492. The number of hydrogen-bond acceptors (Lipinski definition) is 6. The molecule has 1 aliphatic heterocycles. The summed E-state index contributed by atoms with van der Waals surface area (Å²) in [6.45, 7) is 6.80. The Morgan fingerprint density at radius 3 is 2.56 bits per heavy atom. The largest absolute Gasteiger partial charge is 0.475 e. The predicted octanol–water partition coefficient (Wildman–Crippen LogP) is 3.31. The normalized spacial score (nSPS) is 14.5. The first-order valence-corrected chi connectivity index (χ1v) is 11.1. The number of carbonyl (C=O) groups is 1. The highest BCUT2D eigenvalue weighted by atomic mass is 35.5. The second-order valence-electron chi connectivity index (χ2n) is 7.90. The summed E-state index contributed by atoms with van der Waals surface area (Å²) < 4.78 is 13.0. The van der Waals surface area contributed by atoms with Crippen molar-refractivity contribution in [3.8, 4) is 5.88 Å². The van der Waals surface area contributed by atoms with Gasteiger partial charge in [0, 0.05) is 55.4 Å². The summed E-state index contributed by atoms with van der Waals surface area (Å²) in [5, 5.41) is 9.12. The first-order chi connectivity index (χ1) is 15.5. The Kier molecular flexibility index (Phi) is 7.19. The van der Waals surface area contributed by atoms with Crippen molar-refractivity contribution in [3.63, 3.8) is 0 Å². The van der Waals surface area contributed by atoms with E-state index in [1.165, 1.54) is 0 Å². The van der Waals surface area contributed by atoms with Gasteiger partial charge in [-0.25, -0.2) is 0 Å². The van der Waals surface area contributed by atoms with Crippen molar-refractivity contribution in [2.24, 2.45) is 7.05 Å². The molecule has 0 radical (unpaired) electrons. The minimum absolute atomic E-state index is 0.0250. The summed E-state index contributed by atoms with van der Waals surface area (Å²) in [5.41, 5.74) is 4.02. The summed E-state index contributed by atoms with van der Waals surface area (Å²) in [6.07, 6.45) is 0.576. The lowest BCUT2D eigenvalue weighted by Gasteiger charge is -2.26. The average molecular weight is 455 g/mol. The van der Waals surface area contributed by atoms with Crippen LogP contribution >= 0.6 is 11.6 Å². The van der Waals surface area contributed by atoms with E-state index in [9.17, 15) is 4.79 Å². The van der Waals surface area contributed by atoms with Crippen LogP contribution < -0.4 is 4.74 Å². The van der Waals surface area contributed by atoms with Crippen LogP contribution in [0.1, 0.15) is 33.0 Å². The number of ether oxygens (including phenoxy) is 2. The number of aromatic nitrogens is 3. The third kappa shape index (κ3) is 5.35. The zero-order valence-corrected chi connectivity index (χ0v) is 19.1. The van der Waals surface area contributed by atoms with Gasteiger partial charge < -0.3 is 14.0 Å². The molecule has 0 bridgehead atoms. The number of benzene rings is 1. The van der Waals surface area contributed by atoms with Gasteiger partial charge in [-0.1, -0.05) is 11.6 Å². The second-order valence-corrected chi connectivity index (χ2v) is 8.34. The third-order valence-corrected chi connectivity index (χ3v) is 5.92. The molecule has 168 valence electrons. The number of hydrogen-bond donors (Lipinski definition) is 0. The topological polar surface area (TPSA) is 69.5 Å². The van der Waals surface area contributed by atoms with Gasteiger partial charge in [0.15, 0.2) is 0 Å². The molecule has 7 nitrogen and oxygen atoms in total. The Morgan fingerprint density at radius 1 is 1.12 bits per heavy atom. The Balaban J connectivity index is 1.38. The Bertz CT molecular complexity index is 1060. The number of rotatable bonds is 8. The molecule has 1 saturated heterocycles. The van der Waals surface area contributed by atoms with E-state index < -0.39 is 0 Å². The molecule has 0 atom stereocenters. The van der Waals surface area contributed by atoms with Crippen molar-refractivity contribution in [3.05, 3.63) is 75.7 Å². The molecule has 1 fully saturated rings. The molecule has 3 heterocycles. The summed E-state index contributed by atoms with van der Waals surface area (Å²) >= 11 is 5.95. The average Bonchev–Trinajstić information content (AvgIpc) is 3.08. The zero-order chi connectivity index (χ0) is 22.5. The molecule has 0 unspecified atom stereocenters. The number of ketones is 1. The van der Waals surface area contributed by atoms with E-state index >= 15 is 0 Å². The van der Waals surface area contributed by atoms with Gasteiger partial charge in [0.2, 0.25) is 11.7 Å². The molecule has 1 aromatic carbocycles. The van der Waals surface area contributed by atoms with Gasteiger partial charge >= 0.3 is 0 Å². The lowest BCUT2D eigenvalue weighted by molar-refractivity contribution is 0.0319. The first-order valence-electron chi connectivity index (χ1n) is 10.7. The quantitative estimate of drug-likeness (QED) is 0.486. The van der Waals surface area contributed by atoms with Crippen LogP contribution in [0.15, 0.2) is 42.5 Å². The minimum atomic E-state index is -0.0250. The molecule has 0 saturated carbocycles. The van der Waals surface area contributed by atoms with Crippen LogP contribution in [0.5, 0.6) is 5.88 Å². The Labute approximate surface area is 192 Å². The summed E-state index contributed by atoms with van der Waals surface area (Å²) in [6, 6.07) is 12.7. The lowest BCUT2D eigenvalue weighted by atomic mass is 10.1. The van der Waals surface area contributed by atoms with Crippen LogP contribution in [0.4, 0.5) is 0 Å². The molecule has 3 aromatic rings. The van der Waals surface area contributed by atoms with Gasteiger partial charge in [-0.15, -0.1) is 5.10 Å². The van der Waals surface area contributed by atoms with Crippen LogP contribution in [0.25, 0.3) is 0 Å². The SMILES string of the molecule is Cc1cc(Cc2ccc(OCCN3CCOCC3)nn2)n(C)c1C(=O)c1ccc(Cl)cc1. The molecule has 1 aliphatic rings. The number of halogens is 1. The molecule has 32 heavy (non-hydrogen) atoms. The van der Waals surface area contributed by atoms with Gasteiger partial charge in [0.05, 0.1) is 24.6 Å². The molecular formula is C24H27ClN4O3. The van der Waals surface area contributed by atoms with Crippen LogP contribution in [-0.4, -0.2) is 64.9 Å². The fourth-order valence-corrected chi connectivity index (χ4v) is 4.00. The maximum Gasteiger partial charge on any atom is 0.233 e. The lowest BCUT2D eigenvalue weighted by Crippen LogP contribution is -2.38. The van der Waals surface area contributed by atoms with Crippen LogP contribution in [-0.2, 0) is 18.2 Å². The Hall–Kier alpha value is -2.74. The van der Waals surface area contributed by atoms with Crippen LogP contribution in [0, 0.1) is 6.92 Å². The van der Waals surface area contributed by atoms with Crippen molar-refractivity contribution in [1.29, 1.82) is 0 Å². The maximum absolute atomic E-state index is 13.0.